The molecule has 0 aromatic heterocycles. The van der Waals surface area contributed by atoms with Crippen LogP contribution in [0.1, 0.15) is 34.5 Å². The van der Waals surface area contributed by atoms with Crippen LogP contribution in [-0.2, 0) is 20.7 Å². The Kier molecular flexibility index (Phi) is 6.03. The van der Waals surface area contributed by atoms with Gasteiger partial charge in [0.25, 0.3) is 5.91 Å². The summed E-state index contributed by atoms with van der Waals surface area (Å²) in [6.07, 6.45) is 0.501. The molecule has 7 heteroatoms. The molecule has 1 unspecified atom stereocenters. The second-order valence-corrected chi connectivity index (χ2v) is 7.15. The number of hydrogen-bond acceptors (Lipinski definition) is 5. The van der Waals surface area contributed by atoms with Crippen LogP contribution in [0.2, 0.25) is 5.02 Å². The van der Waals surface area contributed by atoms with E-state index in [1.54, 1.807) is 36.4 Å². The number of carbonyl (C=O) groups is 3. The van der Waals surface area contributed by atoms with Gasteiger partial charge >= 0.3 is 5.97 Å². The molecule has 150 valence electrons. The SMILES string of the molecule is COC(=O)c1ccc(C2C(C(C)=O)=C(O)C(=O)N2CCc2cccc(Cl)c2)cc1. The third kappa shape index (κ3) is 4.17. The summed E-state index contributed by atoms with van der Waals surface area (Å²) >= 11 is 6.02. The maximum absolute atomic E-state index is 12.7. The number of carbonyl (C=O) groups excluding carboxylic acids is 3. The average Bonchev–Trinajstić information content (AvgIpc) is 2.96. The zero-order chi connectivity index (χ0) is 21.1. The summed E-state index contributed by atoms with van der Waals surface area (Å²) < 4.78 is 4.70. The minimum absolute atomic E-state index is 0.0481. The van der Waals surface area contributed by atoms with Crippen LogP contribution < -0.4 is 0 Å². The van der Waals surface area contributed by atoms with E-state index in [0.29, 0.717) is 22.6 Å². The van der Waals surface area contributed by atoms with Crippen molar-refractivity contribution in [1.29, 1.82) is 0 Å². The van der Waals surface area contributed by atoms with E-state index in [9.17, 15) is 19.5 Å². The molecule has 0 fully saturated rings. The number of aliphatic hydroxyl groups excluding tert-OH is 1. The molecular weight excluding hydrogens is 394 g/mol. The molecule has 3 rings (SSSR count). The Morgan fingerprint density at radius 2 is 1.86 bits per heavy atom. The molecule has 1 amide bonds. The van der Waals surface area contributed by atoms with Crippen LogP contribution in [0.15, 0.2) is 59.9 Å². The number of ketones is 1. The molecule has 6 nitrogen and oxygen atoms in total. The van der Waals surface area contributed by atoms with Gasteiger partial charge in [0.15, 0.2) is 11.5 Å². The van der Waals surface area contributed by atoms with E-state index in [0.717, 1.165) is 5.56 Å². The smallest absolute Gasteiger partial charge is 0.337 e. The van der Waals surface area contributed by atoms with Crippen molar-refractivity contribution in [2.24, 2.45) is 0 Å². The highest BCUT2D eigenvalue weighted by atomic mass is 35.5. The number of aliphatic hydroxyl groups is 1. The first-order chi connectivity index (χ1) is 13.8. The zero-order valence-corrected chi connectivity index (χ0v) is 16.8. The summed E-state index contributed by atoms with van der Waals surface area (Å²) in [5.41, 5.74) is 1.95. The van der Waals surface area contributed by atoms with Gasteiger partial charge in [0.05, 0.1) is 24.3 Å². The number of amides is 1. The van der Waals surface area contributed by atoms with Crippen LogP contribution in [-0.4, -0.2) is 41.3 Å². The largest absolute Gasteiger partial charge is 0.503 e. The number of ether oxygens (including phenoxy) is 1. The van der Waals surface area contributed by atoms with Crippen LogP contribution in [0.3, 0.4) is 0 Å². The van der Waals surface area contributed by atoms with Gasteiger partial charge in [-0.3, -0.25) is 9.59 Å². The predicted molar refractivity (Wildman–Crippen MR) is 108 cm³/mol. The molecule has 2 aromatic rings. The molecule has 1 N–H and O–H groups in total. The first-order valence-corrected chi connectivity index (χ1v) is 9.39. The molecule has 0 aliphatic carbocycles. The van der Waals surface area contributed by atoms with Gasteiger partial charge in [-0.2, -0.15) is 0 Å². The third-order valence-electron chi connectivity index (χ3n) is 4.86. The van der Waals surface area contributed by atoms with Crippen molar-refractivity contribution in [3.8, 4) is 0 Å². The minimum atomic E-state index is -0.731. The Hall–Kier alpha value is -3.12. The van der Waals surface area contributed by atoms with Gasteiger partial charge in [-0.05, 0) is 48.7 Å². The van der Waals surface area contributed by atoms with Crippen molar-refractivity contribution < 1.29 is 24.2 Å². The lowest BCUT2D eigenvalue weighted by Crippen LogP contribution is -2.33. The maximum Gasteiger partial charge on any atom is 0.337 e. The van der Waals surface area contributed by atoms with Gasteiger partial charge in [0.1, 0.15) is 0 Å². The highest BCUT2D eigenvalue weighted by molar-refractivity contribution is 6.30. The summed E-state index contributed by atoms with van der Waals surface area (Å²) in [5.74, 6) is -2.00. The monoisotopic (exact) mass is 413 g/mol. The summed E-state index contributed by atoms with van der Waals surface area (Å²) in [6, 6.07) is 13.0. The lowest BCUT2D eigenvalue weighted by molar-refractivity contribution is -0.129. The number of hydrogen-bond donors (Lipinski definition) is 1. The number of benzene rings is 2. The summed E-state index contributed by atoms with van der Waals surface area (Å²) in [4.78, 5) is 38.0. The quantitative estimate of drug-likeness (QED) is 0.731. The van der Waals surface area contributed by atoms with E-state index in [1.807, 2.05) is 12.1 Å². The van der Waals surface area contributed by atoms with Crippen molar-refractivity contribution >= 4 is 29.3 Å². The fourth-order valence-electron chi connectivity index (χ4n) is 3.45. The Bertz CT molecular complexity index is 997. The molecular formula is C22H20ClNO5. The van der Waals surface area contributed by atoms with Crippen molar-refractivity contribution in [2.75, 3.05) is 13.7 Å². The standard InChI is InChI=1S/C22H20ClNO5/c1-13(25)18-19(15-6-8-16(9-7-15)22(28)29-2)24(21(27)20(18)26)11-10-14-4-3-5-17(23)12-14/h3-9,12,19,26H,10-11H2,1-2H3. The second-order valence-electron chi connectivity index (χ2n) is 6.71. The molecule has 1 atom stereocenters. The van der Waals surface area contributed by atoms with Gasteiger partial charge in [-0.25, -0.2) is 4.79 Å². The van der Waals surface area contributed by atoms with Crippen molar-refractivity contribution in [1.82, 2.24) is 4.90 Å². The molecule has 1 aliphatic rings. The van der Waals surface area contributed by atoms with Crippen LogP contribution in [0.4, 0.5) is 0 Å². The number of esters is 1. The molecule has 29 heavy (non-hydrogen) atoms. The lowest BCUT2D eigenvalue weighted by Gasteiger charge is -2.26. The van der Waals surface area contributed by atoms with Gasteiger partial charge < -0.3 is 14.7 Å². The highest BCUT2D eigenvalue weighted by Gasteiger charge is 2.42. The second kappa shape index (κ2) is 8.49. The Balaban J connectivity index is 1.93. The van der Waals surface area contributed by atoms with Crippen molar-refractivity contribution in [3.63, 3.8) is 0 Å². The molecule has 1 heterocycles. The average molecular weight is 414 g/mol. The normalized spacial score (nSPS) is 16.3. The predicted octanol–water partition coefficient (Wildman–Crippen LogP) is 3.65. The molecule has 0 spiro atoms. The van der Waals surface area contributed by atoms with Crippen LogP contribution in [0.25, 0.3) is 0 Å². The Morgan fingerprint density at radius 1 is 1.17 bits per heavy atom. The first kappa shape index (κ1) is 20.6. The fraction of sp³-hybridized carbons (Fsp3) is 0.227. The molecule has 2 aromatic carbocycles. The summed E-state index contributed by atoms with van der Waals surface area (Å²) in [6.45, 7) is 1.60. The van der Waals surface area contributed by atoms with E-state index < -0.39 is 23.7 Å². The number of halogens is 1. The minimum Gasteiger partial charge on any atom is -0.503 e. The van der Waals surface area contributed by atoms with E-state index >= 15 is 0 Å². The molecule has 0 saturated carbocycles. The van der Waals surface area contributed by atoms with Crippen molar-refractivity contribution in [3.05, 3.63) is 81.6 Å². The van der Waals surface area contributed by atoms with Gasteiger partial charge in [-0.15, -0.1) is 0 Å². The Morgan fingerprint density at radius 3 is 2.45 bits per heavy atom. The lowest BCUT2D eigenvalue weighted by atomic mass is 9.95. The molecule has 0 radical (unpaired) electrons. The number of rotatable bonds is 6. The van der Waals surface area contributed by atoms with Gasteiger partial charge in [0.2, 0.25) is 0 Å². The van der Waals surface area contributed by atoms with E-state index in [2.05, 4.69) is 0 Å². The van der Waals surface area contributed by atoms with Gasteiger partial charge in [0, 0.05) is 11.6 Å². The first-order valence-electron chi connectivity index (χ1n) is 9.01. The molecule has 1 aliphatic heterocycles. The number of methoxy groups -OCH3 is 1. The van der Waals surface area contributed by atoms with Crippen LogP contribution in [0, 0.1) is 0 Å². The van der Waals surface area contributed by atoms with Gasteiger partial charge in [-0.1, -0.05) is 35.9 Å². The van der Waals surface area contributed by atoms with E-state index in [4.69, 9.17) is 16.3 Å². The fourth-order valence-corrected chi connectivity index (χ4v) is 3.66. The van der Waals surface area contributed by atoms with Crippen molar-refractivity contribution in [2.45, 2.75) is 19.4 Å². The topological polar surface area (TPSA) is 83.9 Å². The van der Waals surface area contributed by atoms with Crippen LogP contribution >= 0.6 is 11.6 Å². The highest BCUT2D eigenvalue weighted by Crippen LogP contribution is 2.37. The molecule has 0 saturated heterocycles. The van der Waals surface area contributed by atoms with E-state index in [1.165, 1.54) is 18.9 Å². The number of Topliss-reactive ketones (excluding diaryl/α,β-unsaturated/α-hetero) is 1. The zero-order valence-electron chi connectivity index (χ0n) is 16.0. The maximum atomic E-state index is 12.7. The van der Waals surface area contributed by atoms with Crippen LogP contribution in [0.5, 0.6) is 0 Å². The number of nitrogens with zero attached hydrogens (tertiary/aromatic N) is 1. The summed E-state index contributed by atoms with van der Waals surface area (Å²) in [5, 5.41) is 10.9. The summed E-state index contributed by atoms with van der Waals surface area (Å²) in [7, 11) is 1.29. The third-order valence-corrected chi connectivity index (χ3v) is 5.10. The Labute approximate surface area is 173 Å². The molecule has 0 bridgehead atoms. The van der Waals surface area contributed by atoms with E-state index in [-0.39, 0.29) is 17.9 Å².